The molecule has 0 saturated carbocycles. The Morgan fingerprint density at radius 3 is 2.80 bits per heavy atom. The molecule has 1 aliphatic heterocycles. The van der Waals surface area contributed by atoms with Crippen LogP contribution in [0, 0.1) is 5.92 Å². The average molecular weight is 216 g/mol. The second-order valence-corrected chi connectivity index (χ2v) is 3.64. The second kappa shape index (κ2) is 5.67. The minimum Gasteiger partial charge on any atom is -0.479 e. The van der Waals surface area contributed by atoms with Crippen molar-refractivity contribution in [1.29, 1.82) is 0 Å². The number of amides is 1. The third-order valence-electron chi connectivity index (χ3n) is 2.42. The van der Waals surface area contributed by atoms with Crippen LogP contribution >= 0.6 is 0 Å². The number of hydrogen-bond acceptors (Lipinski definition) is 4. The van der Waals surface area contributed by atoms with E-state index in [9.17, 15) is 9.59 Å². The Bertz CT molecular complexity index is 238. The maximum absolute atomic E-state index is 11.5. The number of carboxylic acid groups (broad SMARTS) is 1. The summed E-state index contributed by atoms with van der Waals surface area (Å²) in [7, 11) is 0. The molecular weight excluding hydrogens is 200 g/mol. The van der Waals surface area contributed by atoms with Crippen LogP contribution in [0.4, 0.5) is 0 Å². The number of aliphatic carboxylic acids is 1. The quantitative estimate of drug-likeness (QED) is 0.461. The summed E-state index contributed by atoms with van der Waals surface area (Å²) in [5.41, 5.74) is 0. The third kappa shape index (κ3) is 3.85. The molecule has 1 amide bonds. The number of nitrogens with one attached hydrogen (secondary N) is 2. The molecule has 0 bridgehead atoms. The molecule has 2 atom stereocenters. The number of aliphatic hydroxyl groups excluding tert-OH is 1. The zero-order valence-electron chi connectivity index (χ0n) is 8.40. The van der Waals surface area contributed by atoms with E-state index >= 15 is 0 Å². The van der Waals surface area contributed by atoms with E-state index in [1.165, 1.54) is 0 Å². The van der Waals surface area contributed by atoms with Crippen LogP contribution in [0.2, 0.25) is 0 Å². The number of carboxylic acids is 1. The van der Waals surface area contributed by atoms with E-state index in [2.05, 4.69) is 10.6 Å². The Balaban J connectivity index is 2.25. The molecule has 4 N–H and O–H groups in total. The van der Waals surface area contributed by atoms with Crippen molar-refractivity contribution >= 4 is 11.9 Å². The van der Waals surface area contributed by atoms with Crippen LogP contribution in [0.25, 0.3) is 0 Å². The molecular formula is C9H16N2O4. The molecule has 6 nitrogen and oxygen atoms in total. The molecule has 0 aromatic rings. The van der Waals surface area contributed by atoms with Gasteiger partial charge in [0.05, 0.1) is 12.5 Å². The molecule has 0 aliphatic carbocycles. The number of carbonyl (C=O) groups is 2. The van der Waals surface area contributed by atoms with Gasteiger partial charge >= 0.3 is 5.97 Å². The second-order valence-electron chi connectivity index (χ2n) is 3.64. The predicted molar refractivity (Wildman–Crippen MR) is 52.2 cm³/mol. The van der Waals surface area contributed by atoms with Crippen LogP contribution in [-0.4, -0.2) is 47.8 Å². The van der Waals surface area contributed by atoms with E-state index in [1.807, 2.05) is 0 Å². The molecule has 1 heterocycles. The number of piperidine rings is 1. The van der Waals surface area contributed by atoms with Crippen LogP contribution in [0.15, 0.2) is 0 Å². The molecule has 15 heavy (non-hydrogen) atoms. The van der Waals surface area contributed by atoms with E-state index in [0.29, 0.717) is 6.54 Å². The monoisotopic (exact) mass is 216 g/mol. The summed E-state index contributed by atoms with van der Waals surface area (Å²) in [6, 6.07) is 0. The molecule has 1 fully saturated rings. The lowest BCUT2D eigenvalue weighted by Crippen LogP contribution is -2.44. The average Bonchev–Trinajstić information content (AvgIpc) is 2.26. The highest BCUT2D eigenvalue weighted by Crippen LogP contribution is 2.09. The molecule has 0 spiro atoms. The summed E-state index contributed by atoms with van der Waals surface area (Å²) in [4.78, 5) is 21.7. The third-order valence-corrected chi connectivity index (χ3v) is 2.42. The Morgan fingerprint density at radius 1 is 1.53 bits per heavy atom. The number of aliphatic hydroxyl groups is 1. The standard InChI is InChI=1S/C9H16N2O4/c12-7(9(14)15)5-11-8(13)6-2-1-3-10-4-6/h6-7,10,12H,1-5H2,(H,11,13)(H,14,15). The van der Waals surface area contributed by atoms with Crippen molar-refractivity contribution in [2.24, 2.45) is 5.92 Å². The molecule has 1 rings (SSSR count). The summed E-state index contributed by atoms with van der Waals surface area (Å²) >= 11 is 0. The summed E-state index contributed by atoms with van der Waals surface area (Å²) in [6.45, 7) is 1.31. The van der Waals surface area contributed by atoms with Crippen LogP contribution in [0.1, 0.15) is 12.8 Å². The Labute approximate surface area is 87.7 Å². The van der Waals surface area contributed by atoms with Crippen molar-refractivity contribution in [3.63, 3.8) is 0 Å². The SMILES string of the molecule is O=C(O)C(O)CNC(=O)C1CCCNC1. The van der Waals surface area contributed by atoms with E-state index < -0.39 is 12.1 Å². The number of rotatable bonds is 4. The Kier molecular flexibility index (Phi) is 4.51. The fraction of sp³-hybridized carbons (Fsp3) is 0.778. The topological polar surface area (TPSA) is 98.7 Å². The van der Waals surface area contributed by atoms with Gasteiger partial charge in [-0.1, -0.05) is 0 Å². The first-order valence-electron chi connectivity index (χ1n) is 5.00. The molecule has 86 valence electrons. The van der Waals surface area contributed by atoms with Crippen LogP contribution in [0.3, 0.4) is 0 Å². The zero-order valence-corrected chi connectivity index (χ0v) is 8.40. The van der Waals surface area contributed by atoms with E-state index in [1.54, 1.807) is 0 Å². The van der Waals surface area contributed by atoms with Crippen molar-refractivity contribution < 1.29 is 19.8 Å². The molecule has 1 aliphatic rings. The van der Waals surface area contributed by atoms with E-state index in [0.717, 1.165) is 19.4 Å². The van der Waals surface area contributed by atoms with Crippen LogP contribution in [-0.2, 0) is 9.59 Å². The van der Waals surface area contributed by atoms with Gasteiger partial charge in [0.15, 0.2) is 6.10 Å². The van der Waals surface area contributed by atoms with Crippen LogP contribution < -0.4 is 10.6 Å². The normalized spacial score (nSPS) is 23.1. The smallest absolute Gasteiger partial charge is 0.334 e. The zero-order chi connectivity index (χ0) is 11.3. The minimum absolute atomic E-state index is 0.111. The first-order chi connectivity index (χ1) is 7.11. The van der Waals surface area contributed by atoms with Crippen molar-refractivity contribution in [2.75, 3.05) is 19.6 Å². The summed E-state index contributed by atoms with van der Waals surface area (Å²) in [5, 5.41) is 22.8. The molecule has 2 unspecified atom stereocenters. The summed E-state index contributed by atoms with van der Waals surface area (Å²) < 4.78 is 0. The Morgan fingerprint density at radius 2 is 2.27 bits per heavy atom. The van der Waals surface area contributed by atoms with Gasteiger partial charge in [-0.3, -0.25) is 4.79 Å². The summed E-state index contributed by atoms with van der Waals surface area (Å²) in [5.74, 6) is -1.63. The van der Waals surface area contributed by atoms with Crippen molar-refractivity contribution in [2.45, 2.75) is 18.9 Å². The van der Waals surface area contributed by atoms with Gasteiger partial charge in [0.25, 0.3) is 0 Å². The lowest BCUT2D eigenvalue weighted by molar-refractivity contribution is -0.146. The first kappa shape index (κ1) is 11.9. The van der Waals surface area contributed by atoms with Crippen molar-refractivity contribution in [3.8, 4) is 0 Å². The van der Waals surface area contributed by atoms with E-state index in [4.69, 9.17) is 10.2 Å². The van der Waals surface area contributed by atoms with Crippen molar-refractivity contribution in [3.05, 3.63) is 0 Å². The minimum atomic E-state index is -1.52. The highest BCUT2D eigenvalue weighted by Gasteiger charge is 2.22. The molecule has 0 radical (unpaired) electrons. The number of carbonyl (C=O) groups excluding carboxylic acids is 1. The van der Waals surface area contributed by atoms with Gasteiger partial charge in [-0.25, -0.2) is 4.79 Å². The highest BCUT2D eigenvalue weighted by molar-refractivity contribution is 5.80. The van der Waals surface area contributed by atoms with Gasteiger partial charge in [-0.05, 0) is 19.4 Å². The fourth-order valence-electron chi connectivity index (χ4n) is 1.50. The van der Waals surface area contributed by atoms with E-state index in [-0.39, 0.29) is 18.4 Å². The van der Waals surface area contributed by atoms with Gasteiger partial charge in [-0.15, -0.1) is 0 Å². The molecule has 1 saturated heterocycles. The maximum atomic E-state index is 11.5. The van der Waals surface area contributed by atoms with Crippen LogP contribution in [0.5, 0.6) is 0 Å². The molecule has 0 aromatic heterocycles. The Hall–Kier alpha value is -1.14. The summed E-state index contributed by atoms with van der Waals surface area (Å²) in [6.07, 6.45) is 0.229. The predicted octanol–water partition coefficient (Wildman–Crippen LogP) is -1.45. The van der Waals surface area contributed by atoms with Crippen molar-refractivity contribution in [1.82, 2.24) is 10.6 Å². The van der Waals surface area contributed by atoms with Gasteiger partial charge in [0.1, 0.15) is 0 Å². The fourth-order valence-corrected chi connectivity index (χ4v) is 1.50. The van der Waals surface area contributed by atoms with Gasteiger partial charge in [0.2, 0.25) is 5.91 Å². The molecule has 0 aromatic carbocycles. The number of hydrogen-bond donors (Lipinski definition) is 4. The highest BCUT2D eigenvalue weighted by atomic mass is 16.4. The van der Waals surface area contributed by atoms with Gasteiger partial charge in [0, 0.05) is 6.54 Å². The largest absolute Gasteiger partial charge is 0.479 e. The lowest BCUT2D eigenvalue weighted by atomic mass is 9.99. The van der Waals surface area contributed by atoms with Gasteiger partial charge < -0.3 is 20.8 Å². The first-order valence-corrected chi connectivity index (χ1v) is 5.00. The molecule has 6 heteroatoms. The maximum Gasteiger partial charge on any atom is 0.334 e. The lowest BCUT2D eigenvalue weighted by Gasteiger charge is -2.22. The van der Waals surface area contributed by atoms with Gasteiger partial charge in [-0.2, -0.15) is 0 Å².